The van der Waals surface area contributed by atoms with Crippen molar-refractivity contribution in [2.24, 2.45) is 0 Å². The summed E-state index contributed by atoms with van der Waals surface area (Å²) in [6, 6.07) is 10.7. The zero-order chi connectivity index (χ0) is 13.8. The average Bonchev–Trinajstić information content (AvgIpc) is 3.15. The van der Waals surface area contributed by atoms with Gasteiger partial charge in [0.25, 0.3) is 0 Å². The molecule has 1 N–H and O–H groups in total. The number of para-hydroxylation sites is 2. The first-order chi connectivity index (χ1) is 9.88. The first kappa shape index (κ1) is 13.0. The van der Waals surface area contributed by atoms with Crippen molar-refractivity contribution in [2.75, 3.05) is 12.4 Å². The lowest BCUT2D eigenvalue weighted by molar-refractivity contribution is 0.416. The summed E-state index contributed by atoms with van der Waals surface area (Å²) in [4.78, 5) is 0. The molecule has 106 valence electrons. The van der Waals surface area contributed by atoms with Crippen LogP contribution in [0, 0.1) is 0 Å². The largest absolute Gasteiger partial charge is 0.495 e. The summed E-state index contributed by atoms with van der Waals surface area (Å²) in [6.45, 7) is 0.775. The molecule has 2 aromatic rings. The van der Waals surface area contributed by atoms with Gasteiger partial charge in [-0.25, -0.2) is 0 Å². The number of hydrogen-bond acceptors (Lipinski definition) is 3. The van der Waals surface area contributed by atoms with Crippen molar-refractivity contribution in [1.29, 1.82) is 0 Å². The van der Waals surface area contributed by atoms with E-state index in [-0.39, 0.29) is 0 Å². The van der Waals surface area contributed by atoms with Crippen LogP contribution in [0.1, 0.15) is 37.4 Å². The van der Waals surface area contributed by atoms with Crippen LogP contribution in [0.5, 0.6) is 5.75 Å². The molecule has 0 unspecified atom stereocenters. The van der Waals surface area contributed by atoms with Gasteiger partial charge in [-0.05, 0) is 31.0 Å². The molecular formula is C16H21N3O. The number of benzene rings is 1. The smallest absolute Gasteiger partial charge is 0.141 e. The molecule has 0 radical (unpaired) electrons. The third-order valence-electron chi connectivity index (χ3n) is 3.99. The highest BCUT2D eigenvalue weighted by Crippen LogP contribution is 2.30. The van der Waals surface area contributed by atoms with E-state index < -0.39 is 0 Å². The van der Waals surface area contributed by atoms with Gasteiger partial charge in [0, 0.05) is 6.20 Å². The maximum absolute atomic E-state index is 5.36. The van der Waals surface area contributed by atoms with E-state index in [0.717, 1.165) is 18.0 Å². The lowest BCUT2D eigenvalue weighted by Gasteiger charge is -2.16. The summed E-state index contributed by atoms with van der Waals surface area (Å²) in [6.07, 6.45) is 7.05. The molecule has 1 saturated carbocycles. The fourth-order valence-corrected chi connectivity index (χ4v) is 2.94. The average molecular weight is 271 g/mol. The Bertz CT molecular complexity index is 558. The second kappa shape index (κ2) is 5.99. The highest BCUT2D eigenvalue weighted by molar-refractivity contribution is 5.56. The molecule has 0 saturated heterocycles. The SMILES string of the molecule is COc1ccccc1NCc1ccnn1C1CCCC1. The van der Waals surface area contributed by atoms with Gasteiger partial charge in [-0.15, -0.1) is 0 Å². The number of ether oxygens (including phenoxy) is 1. The summed E-state index contributed by atoms with van der Waals surface area (Å²) < 4.78 is 7.55. The standard InChI is InChI=1S/C16H21N3O/c1-20-16-9-5-4-8-15(16)17-12-14-10-11-18-19(14)13-6-2-3-7-13/h4-5,8-11,13,17H,2-3,6-7,12H2,1H3. The van der Waals surface area contributed by atoms with E-state index >= 15 is 0 Å². The van der Waals surface area contributed by atoms with Gasteiger partial charge in [0.1, 0.15) is 5.75 Å². The Hall–Kier alpha value is -1.97. The van der Waals surface area contributed by atoms with E-state index in [2.05, 4.69) is 21.2 Å². The van der Waals surface area contributed by atoms with Gasteiger partial charge in [-0.1, -0.05) is 25.0 Å². The Kier molecular flexibility index (Phi) is 3.90. The number of hydrogen-bond donors (Lipinski definition) is 1. The van der Waals surface area contributed by atoms with Crippen LogP contribution in [-0.2, 0) is 6.54 Å². The number of rotatable bonds is 5. The molecule has 0 spiro atoms. The van der Waals surface area contributed by atoms with E-state index in [0.29, 0.717) is 6.04 Å². The van der Waals surface area contributed by atoms with Gasteiger partial charge in [-0.3, -0.25) is 4.68 Å². The van der Waals surface area contributed by atoms with Crippen molar-refractivity contribution in [2.45, 2.75) is 38.3 Å². The summed E-state index contributed by atoms with van der Waals surface area (Å²) >= 11 is 0. The highest BCUT2D eigenvalue weighted by atomic mass is 16.5. The predicted octanol–water partition coefficient (Wildman–Crippen LogP) is 3.62. The summed E-state index contributed by atoms with van der Waals surface area (Å²) in [5.74, 6) is 0.874. The fraction of sp³-hybridized carbons (Fsp3) is 0.438. The van der Waals surface area contributed by atoms with Gasteiger partial charge < -0.3 is 10.1 Å². The van der Waals surface area contributed by atoms with Gasteiger partial charge in [0.2, 0.25) is 0 Å². The highest BCUT2D eigenvalue weighted by Gasteiger charge is 2.19. The molecule has 4 nitrogen and oxygen atoms in total. The summed E-state index contributed by atoms with van der Waals surface area (Å²) in [5, 5.41) is 7.94. The minimum absolute atomic E-state index is 0.583. The van der Waals surface area contributed by atoms with Gasteiger partial charge in [0.15, 0.2) is 0 Å². The van der Waals surface area contributed by atoms with Crippen molar-refractivity contribution < 1.29 is 4.74 Å². The van der Waals surface area contributed by atoms with Crippen LogP contribution in [0.25, 0.3) is 0 Å². The molecule has 1 aromatic heterocycles. The molecule has 1 heterocycles. The molecule has 1 aliphatic rings. The van der Waals surface area contributed by atoms with Crippen molar-refractivity contribution in [3.8, 4) is 5.75 Å². The van der Waals surface area contributed by atoms with Crippen LogP contribution in [-0.4, -0.2) is 16.9 Å². The Labute approximate surface area is 119 Å². The van der Waals surface area contributed by atoms with E-state index in [1.165, 1.54) is 31.4 Å². The third kappa shape index (κ3) is 2.64. The first-order valence-corrected chi connectivity index (χ1v) is 7.28. The molecule has 3 rings (SSSR count). The van der Waals surface area contributed by atoms with Crippen LogP contribution >= 0.6 is 0 Å². The summed E-state index contributed by atoms with van der Waals surface area (Å²) in [5.41, 5.74) is 2.26. The van der Waals surface area contributed by atoms with E-state index in [9.17, 15) is 0 Å². The zero-order valence-corrected chi connectivity index (χ0v) is 11.9. The normalized spacial score (nSPS) is 15.4. The molecule has 1 aliphatic carbocycles. The van der Waals surface area contributed by atoms with Crippen LogP contribution in [0.15, 0.2) is 36.5 Å². The maximum atomic E-state index is 5.36. The first-order valence-electron chi connectivity index (χ1n) is 7.28. The van der Waals surface area contributed by atoms with Crippen LogP contribution in [0.3, 0.4) is 0 Å². The van der Waals surface area contributed by atoms with Gasteiger partial charge in [-0.2, -0.15) is 5.10 Å². The molecule has 4 heteroatoms. The number of aromatic nitrogens is 2. The maximum Gasteiger partial charge on any atom is 0.141 e. The van der Waals surface area contributed by atoms with E-state index in [1.54, 1.807) is 7.11 Å². The van der Waals surface area contributed by atoms with Crippen molar-refractivity contribution >= 4 is 5.69 Å². The van der Waals surface area contributed by atoms with Crippen LogP contribution < -0.4 is 10.1 Å². The van der Waals surface area contributed by atoms with Crippen LogP contribution in [0.4, 0.5) is 5.69 Å². The Morgan fingerprint density at radius 2 is 2.05 bits per heavy atom. The van der Waals surface area contributed by atoms with Crippen molar-refractivity contribution in [3.63, 3.8) is 0 Å². The minimum atomic E-state index is 0.583. The lowest BCUT2D eigenvalue weighted by atomic mass is 10.2. The lowest BCUT2D eigenvalue weighted by Crippen LogP contribution is -2.13. The molecular weight excluding hydrogens is 250 g/mol. The number of anilines is 1. The molecule has 0 atom stereocenters. The Morgan fingerprint density at radius 3 is 2.85 bits per heavy atom. The number of nitrogens with zero attached hydrogens (tertiary/aromatic N) is 2. The molecule has 0 aliphatic heterocycles. The molecule has 1 fully saturated rings. The van der Waals surface area contributed by atoms with Gasteiger partial charge >= 0.3 is 0 Å². The van der Waals surface area contributed by atoms with Crippen molar-refractivity contribution in [1.82, 2.24) is 9.78 Å². The van der Waals surface area contributed by atoms with E-state index in [1.807, 2.05) is 30.5 Å². The zero-order valence-electron chi connectivity index (χ0n) is 11.9. The number of nitrogens with one attached hydrogen (secondary N) is 1. The minimum Gasteiger partial charge on any atom is -0.495 e. The fourth-order valence-electron chi connectivity index (χ4n) is 2.94. The monoisotopic (exact) mass is 271 g/mol. The topological polar surface area (TPSA) is 39.1 Å². The Balaban J connectivity index is 1.71. The summed E-state index contributed by atoms with van der Waals surface area (Å²) in [7, 11) is 1.70. The molecule has 0 amide bonds. The predicted molar refractivity (Wildman–Crippen MR) is 80.1 cm³/mol. The second-order valence-electron chi connectivity index (χ2n) is 5.26. The number of methoxy groups -OCH3 is 1. The van der Waals surface area contributed by atoms with Crippen molar-refractivity contribution in [3.05, 3.63) is 42.2 Å². The van der Waals surface area contributed by atoms with Crippen LogP contribution in [0.2, 0.25) is 0 Å². The van der Waals surface area contributed by atoms with Gasteiger partial charge in [0.05, 0.1) is 31.1 Å². The second-order valence-corrected chi connectivity index (χ2v) is 5.26. The molecule has 0 bridgehead atoms. The quantitative estimate of drug-likeness (QED) is 0.902. The molecule has 1 aromatic carbocycles. The third-order valence-corrected chi connectivity index (χ3v) is 3.99. The molecule has 20 heavy (non-hydrogen) atoms. The van der Waals surface area contributed by atoms with E-state index in [4.69, 9.17) is 4.74 Å². The Morgan fingerprint density at radius 1 is 1.25 bits per heavy atom.